The normalized spacial score (nSPS) is 11.6. The number of carbonyl (C=O) groups is 2. The van der Waals surface area contributed by atoms with Crippen molar-refractivity contribution in [2.75, 3.05) is 25.6 Å². The van der Waals surface area contributed by atoms with Crippen molar-refractivity contribution in [1.29, 1.82) is 0 Å². The number of esters is 1. The van der Waals surface area contributed by atoms with Gasteiger partial charge in [0.2, 0.25) is 0 Å². The first-order valence-corrected chi connectivity index (χ1v) is 9.85. The summed E-state index contributed by atoms with van der Waals surface area (Å²) in [7, 11) is 3.75. The molecule has 5 nitrogen and oxygen atoms in total. The van der Waals surface area contributed by atoms with Crippen LogP contribution in [-0.2, 0) is 9.53 Å². The van der Waals surface area contributed by atoms with Crippen LogP contribution in [0.3, 0.4) is 0 Å². The van der Waals surface area contributed by atoms with Crippen molar-refractivity contribution < 1.29 is 18.7 Å². The third kappa shape index (κ3) is 5.42. The molecule has 150 valence electrons. The second-order valence-electron chi connectivity index (χ2n) is 6.59. The van der Waals surface area contributed by atoms with E-state index in [1.165, 1.54) is 23.5 Å². The van der Waals surface area contributed by atoms with Crippen molar-refractivity contribution in [2.45, 2.75) is 6.04 Å². The lowest BCUT2D eigenvalue weighted by Gasteiger charge is -2.18. The van der Waals surface area contributed by atoms with Gasteiger partial charge in [-0.15, -0.1) is 11.3 Å². The maximum absolute atomic E-state index is 13.3. The van der Waals surface area contributed by atoms with Crippen LogP contribution in [0, 0.1) is 5.82 Å². The van der Waals surface area contributed by atoms with Crippen molar-refractivity contribution in [2.24, 2.45) is 0 Å². The Bertz CT molecular complexity index is 972. The molecule has 0 aliphatic rings. The highest BCUT2D eigenvalue weighted by molar-refractivity contribution is 7.10. The molecule has 0 fully saturated rings. The fraction of sp³-hybridized carbons (Fsp3) is 0.182. The molecule has 3 aromatic rings. The van der Waals surface area contributed by atoms with Gasteiger partial charge in [0.25, 0.3) is 5.91 Å². The Hall–Kier alpha value is -3.19. The van der Waals surface area contributed by atoms with Crippen molar-refractivity contribution >= 4 is 28.9 Å². The lowest BCUT2D eigenvalue weighted by atomic mass is 10.1. The van der Waals surface area contributed by atoms with Crippen LogP contribution in [-0.4, -0.2) is 32.6 Å². The first-order valence-electron chi connectivity index (χ1n) is 8.97. The van der Waals surface area contributed by atoms with E-state index in [9.17, 15) is 14.0 Å². The minimum absolute atomic E-state index is 0.348. The van der Waals surface area contributed by atoms with Crippen LogP contribution < -0.4 is 10.2 Å². The van der Waals surface area contributed by atoms with Gasteiger partial charge in [-0.3, -0.25) is 4.79 Å². The van der Waals surface area contributed by atoms with Crippen molar-refractivity contribution in [3.8, 4) is 0 Å². The summed E-state index contributed by atoms with van der Waals surface area (Å²) in [6, 6.07) is 16.2. The molecule has 0 aliphatic heterocycles. The summed E-state index contributed by atoms with van der Waals surface area (Å²) in [5, 5.41) is 4.75. The fourth-order valence-electron chi connectivity index (χ4n) is 2.76. The number of anilines is 1. The van der Waals surface area contributed by atoms with Gasteiger partial charge in [0, 0.05) is 24.7 Å². The number of rotatable bonds is 7. The SMILES string of the molecule is CN(C)c1cccc(C(=O)OCC(=O)N[C@H](c2ccc(F)cc2)c2cccs2)c1. The van der Waals surface area contributed by atoms with Crippen molar-refractivity contribution in [3.05, 3.63) is 87.9 Å². The molecular formula is C22H21FN2O3S. The molecule has 0 bridgehead atoms. The minimum Gasteiger partial charge on any atom is -0.452 e. The maximum Gasteiger partial charge on any atom is 0.338 e. The Morgan fingerprint density at radius 2 is 1.86 bits per heavy atom. The average molecular weight is 412 g/mol. The molecule has 0 radical (unpaired) electrons. The monoisotopic (exact) mass is 412 g/mol. The Kier molecular flexibility index (Phi) is 6.61. The summed E-state index contributed by atoms with van der Waals surface area (Å²) < 4.78 is 18.4. The molecule has 29 heavy (non-hydrogen) atoms. The van der Waals surface area contributed by atoms with E-state index in [1.807, 2.05) is 42.6 Å². The van der Waals surface area contributed by atoms with Crippen LogP contribution in [0.25, 0.3) is 0 Å². The largest absolute Gasteiger partial charge is 0.452 e. The molecule has 0 saturated heterocycles. The summed E-state index contributed by atoms with van der Waals surface area (Å²) in [5.41, 5.74) is 1.97. The average Bonchev–Trinajstić information content (AvgIpc) is 3.25. The number of benzene rings is 2. The number of thiophene rings is 1. The number of hydrogen-bond donors (Lipinski definition) is 1. The molecule has 0 spiro atoms. The molecular weight excluding hydrogens is 391 g/mol. The van der Waals surface area contributed by atoms with Crippen LogP contribution >= 0.6 is 11.3 Å². The first kappa shape index (κ1) is 20.5. The summed E-state index contributed by atoms with van der Waals surface area (Å²) in [6.45, 7) is -0.409. The highest BCUT2D eigenvalue weighted by atomic mass is 32.1. The maximum atomic E-state index is 13.3. The second kappa shape index (κ2) is 9.34. The summed E-state index contributed by atoms with van der Waals surface area (Å²) in [5.74, 6) is -1.36. The van der Waals surface area contributed by atoms with Gasteiger partial charge in [0.05, 0.1) is 11.6 Å². The molecule has 1 heterocycles. The van der Waals surface area contributed by atoms with E-state index in [-0.39, 0.29) is 5.82 Å². The molecule has 1 aromatic heterocycles. The Morgan fingerprint density at radius 3 is 2.52 bits per heavy atom. The molecule has 0 aliphatic carbocycles. The van der Waals surface area contributed by atoms with Gasteiger partial charge in [0.15, 0.2) is 6.61 Å². The van der Waals surface area contributed by atoms with E-state index in [1.54, 1.807) is 30.3 Å². The Balaban J connectivity index is 1.65. The van der Waals surface area contributed by atoms with Crippen LogP contribution in [0.2, 0.25) is 0 Å². The molecule has 3 rings (SSSR count). The van der Waals surface area contributed by atoms with E-state index >= 15 is 0 Å². The predicted molar refractivity (Wildman–Crippen MR) is 112 cm³/mol. The lowest BCUT2D eigenvalue weighted by molar-refractivity contribution is -0.124. The molecule has 7 heteroatoms. The predicted octanol–water partition coefficient (Wildman–Crippen LogP) is 4.02. The van der Waals surface area contributed by atoms with Crippen LogP contribution in [0.1, 0.15) is 26.8 Å². The van der Waals surface area contributed by atoms with Gasteiger partial charge >= 0.3 is 5.97 Å². The van der Waals surface area contributed by atoms with Gasteiger partial charge in [-0.25, -0.2) is 9.18 Å². The van der Waals surface area contributed by atoms with E-state index in [0.29, 0.717) is 5.56 Å². The first-order chi connectivity index (χ1) is 13.9. The highest BCUT2D eigenvalue weighted by Crippen LogP contribution is 2.26. The van der Waals surface area contributed by atoms with Gasteiger partial charge in [-0.1, -0.05) is 24.3 Å². The number of halogens is 1. The van der Waals surface area contributed by atoms with Crippen molar-refractivity contribution in [1.82, 2.24) is 5.32 Å². The molecule has 1 N–H and O–H groups in total. The standard InChI is InChI=1S/C22H21FN2O3S/c1-25(2)18-6-3-5-16(13-18)22(27)28-14-20(26)24-21(19-7-4-12-29-19)15-8-10-17(23)11-9-15/h3-13,21H,14H2,1-2H3,(H,24,26)/t21-/m1/s1. The molecule has 0 saturated carbocycles. The van der Waals surface area contributed by atoms with E-state index < -0.39 is 24.5 Å². The summed E-state index contributed by atoms with van der Waals surface area (Å²) in [6.07, 6.45) is 0. The van der Waals surface area contributed by atoms with Crippen molar-refractivity contribution in [3.63, 3.8) is 0 Å². The van der Waals surface area contributed by atoms with E-state index in [2.05, 4.69) is 5.32 Å². The zero-order chi connectivity index (χ0) is 20.8. The molecule has 1 atom stereocenters. The molecule has 0 unspecified atom stereocenters. The Morgan fingerprint density at radius 1 is 1.10 bits per heavy atom. The molecule has 1 amide bonds. The third-order valence-electron chi connectivity index (χ3n) is 4.27. The number of carbonyl (C=O) groups excluding carboxylic acids is 2. The fourth-order valence-corrected chi connectivity index (χ4v) is 3.56. The summed E-state index contributed by atoms with van der Waals surface area (Å²) in [4.78, 5) is 27.5. The smallest absolute Gasteiger partial charge is 0.338 e. The van der Waals surface area contributed by atoms with Gasteiger partial charge in [-0.2, -0.15) is 0 Å². The van der Waals surface area contributed by atoms with E-state index in [0.717, 1.165) is 16.1 Å². The number of nitrogens with zero attached hydrogens (tertiary/aromatic N) is 1. The number of nitrogens with one attached hydrogen (secondary N) is 1. The summed E-state index contributed by atoms with van der Waals surface area (Å²) >= 11 is 1.48. The number of ether oxygens (including phenoxy) is 1. The Labute approximate surface area is 172 Å². The van der Waals surface area contributed by atoms with Gasteiger partial charge in [0.1, 0.15) is 5.82 Å². The topological polar surface area (TPSA) is 58.6 Å². The molecule has 2 aromatic carbocycles. The van der Waals surface area contributed by atoms with Crippen LogP contribution in [0.4, 0.5) is 10.1 Å². The van der Waals surface area contributed by atoms with Gasteiger partial charge in [-0.05, 0) is 47.3 Å². The zero-order valence-corrected chi connectivity index (χ0v) is 16.9. The van der Waals surface area contributed by atoms with E-state index in [4.69, 9.17) is 4.74 Å². The minimum atomic E-state index is -0.571. The third-order valence-corrected chi connectivity index (χ3v) is 5.21. The number of amides is 1. The second-order valence-corrected chi connectivity index (χ2v) is 7.57. The highest BCUT2D eigenvalue weighted by Gasteiger charge is 2.19. The quantitative estimate of drug-likeness (QED) is 0.596. The lowest BCUT2D eigenvalue weighted by Crippen LogP contribution is -2.32. The number of hydrogen-bond acceptors (Lipinski definition) is 5. The van der Waals surface area contributed by atoms with Gasteiger partial charge < -0.3 is 15.0 Å². The van der Waals surface area contributed by atoms with Crippen LogP contribution in [0.5, 0.6) is 0 Å². The van der Waals surface area contributed by atoms with Crippen LogP contribution in [0.15, 0.2) is 66.0 Å². The zero-order valence-electron chi connectivity index (χ0n) is 16.1.